The summed E-state index contributed by atoms with van der Waals surface area (Å²) < 4.78 is 0. The minimum Gasteiger partial charge on any atom is -0.378 e. The lowest BCUT2D eigenvalue weighted by molar-refractivity contribution is 1.13. The van der Waals surface area contributed by atoms with Crippen molar-refractivity contribution in [3.8, 4) is 11.8 Å². The molecule has 1 nitrogen and oxygen atoms in total. The zero-order valence-electron chi connectivity index (χ0n) is 13.4. The smallest absolute Gasteiger partial charge is 0.0361 e. The minimum atomic E-state index is 1.01. The summed E-state index contributed by atoms with van der Waals surface area (Å²) in [5.74, 6) is 6.44. The second-order valence-corrected chi connectivity index (χ2v) is 5.24. The van der Waals surface area contributed by atoms with E-state index < -0.39 is 0 Å². The van der Waals surface area contributed by atoms with E-state index in [4.69, 9.17) is 0 Å². The lowest BCUT2D eigenvalue weighted by Gasteiger charge is -2.11. The summed E-state index contributed by atoms with van der Waals surface area (Å²) >= 11 is 0. The molecule has 0 heterocycles. The van der Waals surface area contributed by atoms with E-state index in [1.165, 1.54) is 5.69 Å². The lowest BCUT2D eigenvalue weighted by atomic mass is 10.0. The maximum atomic E-state index is 3.85. The molecule has 0 fully saturated rings. The van der Waals surface area contributed by atoms with Crippen molar-refractivity contribution in [2.24, 2.45) is 0 Å². The van der Waals surface area contributed by atoms with Gasteiger partial charge in [0.2, 0.25) is 0 Å². The van der Waals surface area contributed by atoms with Crippen LogP contribution in [-0.4, -0.2) is 14.1 Å². The number of hydrogen-bond donors (Lipinski definition) is 0. The molecule has 0 bridgehead atoms. The molecule has 2 aromatic carbocycles. The number of allylic oxidation sites excluding steroid dienone is 1. The Morgan fingerprint density at radius 2 is 1.55 bits per heavy atom. The predicted octanol–water partition coefficient (Wildman–Crippen LogP) is 4.83. The van der Waals surface area contributed by atoms with E-state index in [-0.39, 0.29) is 0 Å². The van der Waals surface area contributed by atoms with Gasteiger partial charge in [0.05, 0.1) is 0 Å². The second-order valence-electron chi connectivity index (χ2n) is 5.24. The van der Waals surface area contributed by atoms with E-state index in [1.54, 1.807) is 0 Å². The van der Waals surface area contributed by atoms with Crippen molar-refractivity contribution in [1.29, 1.82) is 0 Å². The van der Waals surface area contributed by atoms with Crippen LogP contribution in [-0.2, 0) is 0 Å². The van der Waals surface area contributed by atoms with Crippen LogP contribution >= 0.6 is 0 Å². The molecule has 0 unspecified atom stereocenters. The highest BCUT2D eigenvalue weighted by Crippen LogP contribution is 2.15. The Bertz CT molecular complexity index is 738. The van der Waals surface area contributed by atoms with Crippen LogP contribution in [0.4, 0.5) is 5.69 Å². The van der Waals surface area contributed by atoms with Gasteiger partial charge in [-0.15, -0.1) is 0 Å². The molecule has 0 saturated heterocycles. The van der Waals surface area contributed by atoms with Gasteiger partial charge in [-0.1, -0.05) is 42.7 Å². The fourth-order valence-electron chi connectivity index (χ4n) is 2.15. The van der Waals surface area contributed by atoms with Crippen LogP contribution < -0.4 is 4.90 Å². The van der Waals surface area contributed by atoms with E-state index >= 15 is 0 Å². The molecule has 0 aromatic heterocycles. The van der Waals surface area contributed by atoms with Crippen molar-refractivity contribution in [3.05, 3.63) is 77.4 Å². The predicted molar refractivity (Wildman–Crippen MR) is 98.0 cm³/mol. The summed E-state index contributed by atoms with van der Waals surface area (Å²) in [6, 6.07) is 14.4. The average Bonchev–Trinajstić information content (AvgIpc) is 2.54. The van der Waals surface area contributed by atoms with Gasteiger partial charge < -0.3 is 4.90 Å². The first-order chi connectivity index (χ1) is 10.6. The molecule has 0 amide bonds. The Balaban J connectivity index is 2.27. The number of benzene rings is 2. The molecule has 0 aliphatic carbocycles. The quantitative estimate of drug-likeness (QED) is 0.731. The minimum absolute atomic E-state index is 1.01. The normalized spacial score (nSPS) is 10.1. The number of anilines is 1. The third-order valence-corrected chi connectivity index (χ3v) is 3.39. The topological polar surface area (TPSA) is 3.24 Å². The van der Waals surface area contributed by atoms with Gasteiger partial charge in [0.15, 0.2) is 0 Å². The van der Waals surface area contributed by atoms with Crippen molar-refractivity contribution >= 4 is 17.8 Å². The van der Waals surface area contributed by atoms with Gasteiger partial charge in [0.25, 0.3) is 0 Å². The zero-order chi connectivity index (χ0) is 15.9. The van der Waals surface area contributed by atoms with E-state index in [0.717, 1.165) is 22.3 Å². The molecule has 1 heteroatoms. The van der Waals surface area contributed by atoms with Crippen LogP contribution in [0.15, 0.2) is 55.1 Å². The summed E-state index contributed by atoms with van der Waals surface area (Å²) in [6.45, 7) is 5.86. The molecule has 0 saturated carbocycles. The molecule has 22 heavy (non-hydrogen) atoms. The molecule has 0 radical (unpaired) electrons. The van der Waals surface area contributed by atoms with E-state index in [2.05, 4.69) is 53.7 Å². The molecule has 0 aliphatic heterocycles. The van der Waals surface area contributed by atoms with E-state index in [9.17, 15) is 0 Å². The van der Waals surface area contributed by atoms with Gasteiger partial charge in [-0.3, -0.25) is 0 Å². The highest BCUT2D eigenvalue weighted by molar-refractivity contribution is 5.66. The maximum absolute atomic E-state index is 3.85. The van der Waals surface area contributed by atoms with Gasteiger partial charge in [-0.05, 0) is 54.4 Å². The van der Waals surface area contributed by atoms with E-state index in [1.807, 2.05) is 51.4 Å². The summed E-state index contributed by atoms with van der Waals surface area (Å²) in [4.78, 5) is 2.08. The molecule has 2 rings (SSSR count). The molecule has 2 aromatic rings. The molecule has 0 aliphatic rings. The van der Waals surface area contributed by atoms with Gasteiger partial charge in [0.1, 0.15) is 0 Å². The first-order valence-corrected chi connectivity index (χ1v) is 7.32. The van der Waals surface area contributed by atoms with Crippen molar-refractivity contribution < 1.29 is 0 Å². The third-order valence-electron chi connectivity index (χ3n) is 3.39. The standard InChI is InChI=1S/C21H21N/c1-5-7-20-16-18(10-13-19(20)6-2)9-8-17-11-14-21(15-12-17)22(3)4/h5-7,10-16H,2H2,1,3-4H3/b7-5-. The fraction of sp³-hybridized carbons (Fsp3) is 0.143. The Labute approximate surface area is 133 Å². The lowest BCUT2D eigenvalue weighted by Crippen LogP contribution is -2.07. The maximum Gasteiger partial charge on any atom is 0.0361 e. The molecule has 0 spiro atoms. The average molecular weight is 287 g/mol. The second kappa shape index (κ2) is 7.33. The monoisotopic (exact) mass is 287 g/mol. The number of hydrogen-bond acceptors (Lipinski definition) is 1. The first kappa shape index (κ1) is 15.7. The summed E-state index contributed by atoms with van der Waals surface area (Å²) in [5, 5.41) is 0. The Kier molecular flexibility index (Phi) is 5.22. The van der Waals surface area contributed by atoms with Crippen LogP contribution in [0.3, 0.4) is 0 Å². The van der Waals surface area contributed by atoms with Crippen LogP contribution in [0.1, 0.15) is 29.2 Å². The van der Waals surface area contributed by atoms with Gasteiger partial charge >= 0.3 is 0 Å². The van der Waals surface area contributed by atoms with Crippen LogP contribution in [0.2, 0.25) is 0 Å². The zero-order valence-corrected chi connectivity index (χ0v) is 13.4. The summed E-state index contributed by atoms with van der Waals surface area (Å²) in [6.07, 6.45) is 5.97. The van der Waals surface area contributed by atoms with Crippen LogP contribution in [0.25, 0.3) is 12.2 Å². The molecular formula is C21H21N. The van der Waals surface area contributed by atoms with Crippen LogP contribution in [0.5, 0.6) is 0 Å². The Morgan fingerprint density at radius 1 is 0.909 bits per heavy atom. The van der Waals surface area contributed by atoms with Gasteiger partial charge in [-0.25, -0.2) is 0 Å². The van der Waals surface area contributed by atoms with Crippen molar-refractivity contribution in [3.63, 3.8) is 0 Å². The molecular weight excluding hydrogens is 266 g/mol. The van der Waals surface area contributed by atoms with Gasteiger partial charge in [-0.2, -0.15) is 0 Å². The molecule has 110 valence electrons. The number of rotatable bonds is 3. The van der Waals surface area contributed by atoms with Crippen LogP contribution in [0, 0.1) is 11.8 Å². The SMILES string of the molecule is C=Cc1ccc(C#Cc2ccc(N(C)C)cc2)cc1/C=C\C. The van der Waals surface area contributed by atoms with Crippen molar-refractivity contribution in [2.45, 2.75) is 6.92 Å². The molecule has 0 atom stereocenters. The van der Waals surface area contributed by atoms with E-state index in [0.29, 0.717) is 0 Å². The third kappa shape index (κ3) is 3.90. The summed E-state index contributed by atoms with van der Waals surface area (Å²) in [5.41, 5.74) is 5.48. The highest BCUT2D eigenvalue weighted by Gasteiger charge is 1.97. The van der Waals surface area contributed by atoms with Gasteiger partial charge in [0, 0.05) is 30.9 Å². The van der Waals surface area contributed by atoms with Crippen molar-refractivity contribution in [2.75, 3.05) is 19.0 Å². The highest BCUT2D eigenvalue weighted by atomic mass is 15.1. The Hall–Kier alpha value is -2.72. The van der Waals surface area contributed by atoms with Crippen molar-refractivity contribution in [1.82, 2.24) is 0 Å². The first-order valence-electron chi connectivity index (χ1n) is 7.32. The Morgan fingerprint density at radius 3 is 2.14 bits per heavy atom. The summed E-state index contributed by atoms with van der Waals surface area (Å²) in [7, 11) is 4.06. The largest absolute Gasteiger partial charge is 0.378 e. The molecule has 0 N–H and O–H groups in total. The fourth-order valence-corrected chi connectivity index (χ4v) is 2.15. The number of nitrogens with zero attached hydrogens (tertiary/aromatic N) is 1.